The van der Waals surface area contributed by atoms with Gasteiger partial charge in [0.2, 0.25) is 11.7 Å². The highest BCUT2D eigenvalue weighted by Gasteiger charge is 2.43. The van der Waals surface area contributed by atoms with Gasteiger partial charge in [-0.2, -0.15) is 18.0 Å². The van der Waals surface area contributed by atoms with Crippen LogP contribution in [0.4, 0.5) is 24.5 Å². The number of alkyl halides is 3. The Hall–Kier alpha value is -3.76. The Morgan fingerprint density at radius 1 is 1.13 bits per heavy atom. The number of carbonyl (C=O) groups excluding carboxylic acids is 2. The van der Waals surface area contributed by atoms with Crippen LogP contribution < -0.4 is 10.2 Å². The highest BCUT2D eigenvalue weighted by Crippen LogP contribution is 2.37. The van der Waals surface area contributed by atoms with Crippen molar-refractivity contribution in [2.45, 2.75) is 32.1 Å². The Labute approximate surface area is 174 Å². The lowest BCUT2D eigenvalue weighted by Crippen LogP contribution is -2.59. The van der Waals surface area contributed by atoms with Crippen LogP contribution in [0.2, 0.25) is 0 Å². The summed E-state index contributed by atoms with van der Waals surface area (Å²) in [5.74, 6) is -0.869. The number of tetrazole rings is 1. The highest BCUT2D eigenvalue weighted by atomic mass is 19.4. The molecule has 11 heteroatoms. The van der Waals surface area contributed by atoms with E-state index in [1.807, 2.05) is 0 Å². The second-order valence-electron chi connectivity index (χ2n) is 7.48. The summed E-state index contributed by atoms with van der Waals surface area (Å²) in [6.45, 7) is 2.87. The van der Waals surface area contributed by atoms with Crippen LogP contribution >= 0.6 is 0 Å². The minimum atomic E-state index is -4.50. The molecule has 0 aliphatic carbocycles. The average Bonchev–Trinajstić information content (AvgIpc) is 3.16. The first-order valence-electron chi connectivity index (χ1n) is 9.26. The number of rotatable bonds is 3. The van der Waals surface area contributed by atoms with Crippen molar-refractivity contribution in [1.82, 2.24) is 20.2 Å². The average molecular weight is 430 g/mol. The molecule has 3 aromatic rings. The van der Waals surface area contributed by atoms with Crippen LogP contribution in [-0.4, -0.2) is 37.6 Å². The molecule has 4 rings (SSSR count). The first kappa shape index (κ1) is 20.5. The zero-order chi connectivity index (χ0) is 22.4. The standard InChI is InChI=1S/C20H17F3N6O2/c1-19(2)18(31)24-14-8-3-4-9-15(14)29(19)16(30)11-28-26-17(25-27-28)12-6-5-7-13(10-12)20(21,22)23/h3-10H,11H2,1-2H3,(H,24,31). The molecule has 2 heterocycles. The lowest BCUT2D eigenvalue weighted by atomic mass is 9.96. The number of nitrogens with zero attached hydrogens (tertiary/aromatic N) is 5. The Morgan fingerprint density at radius 2 is 1.87 bits per heavy atom. The van der Waals surface area contributed by atoms with Crippen molar-refractivity contribution in [2.24, 2.45) is 0 Å². The largest absolute Gasteiger partial charge is 0.416 e. The number of hydrogen-bond acceptors (Lipinski definition) is 5. The van der Waals surface area contributed by atoms with E-state index in [9.17, 15) is 22.8 Å². The molecule has 2 aromatic carbocycles. The van der Waals surface area contributed by atoms with Gasteiger partial charge in [0.25, 0.3) is 5.91 Å². The summed E-state index contributed by atoms with van der Waals surface area (Å²) < 4.78 is 38.8. The lowest BCUT2D eigenvalue weighted by molar-refractivity contribution is -0.137. The zero-order valence-electron chi connectivity index (χ0n) is 16.5. The molecule has 1 aliphatic rings. The SMILES string of the molecule is CC1(C)C(=O)Nc2ccccc2N1C(=O)Cn1nnc(-c2cccc(C(F)(F)F)c2)n1. The predicted molar refractivity (Wildman–Crippen MR) is 105 cm³/mol. The van der Waals surface area contributed by atoms with Gasteiger partial charge >= 0.3 is 6.18 Å². The second kappa shape index (κ2) is 7.18. The molecule has 2 amide bonds. The van der Waals surface area contributed by atoms with Crippen LogP contribution in [0.3, 0.4) is 0 Å². The summed E-state index contributed by atoms with van der Waals surface area (Å²) in [7, 11) is 0. The van der Waals surface area contributed by atoms with E-state index in [1.165, 1.54) is 17.0 Å². The van der Waals surface area contributed by atoms with E-state index in [-0.39, 0.29) is 23.8 Å². The van der Waals surface area contributed by atoms with Gasteiger partial charge in [0.15, 0.2) is 0 Å². The molecular formula is C20H17F3N6O2. The van der Waals surface area contributed by atoms with E-state index < -0.39 is 23.2 Å². The number of hydrogen-bond donors (Lipinski definition) is 1. The fraction of sp³-hybridized carbons (Fsp3) is 0.250. The Bertz CT molecular complexity index is 1170. The van der Waals surface area contributed by atoms with Crippen molar-refractivity contribution in [3.63, 3.8) is 0 Å². The smallest absolute Gasteiger partial charge is 0.322 e. The number of nitrogens with one attached hydrogen (secondary N) is 1. The molecule has 1 aromatic heterocycles. The van der Waals surface area contributed by atoms with Gasteiger partial charge in [-0.25, -0.2) is 0 Å². The summed E-state index contributed by atoms with van der Waals surface area (Å²) in [5, 5.41) is 14.4. The number of para-hydroxylation sites is 2. The maximum Gasteiger partial charge on any atom is 0.416 e. The van der Waals surface area contributed by atoms with Gasteiger partial charge in [0.05, 0.1) is 16.9 Å². The molecule has 0 unspecified atom stereocenters. The highest BCUT2D eigenvalue weighted by molar-refractivity contribution is 6.14. The number of anilines is 2. The summed E-state index contributed by atoms with van der Waals surface area (Å²) in [4.78, 5) is 27.9. The molecule has 0 saturated carbocycles. The normalized spacial score (nSPS) is 15.4. The molecule has 0 fully saturated rings. The third-order valence-electron chi connectivity index (χ3n) is 4.93. The quantitative estimate of drug-likeness (QED) is 0.689. The summed E-state index contributed by atoms with van der Waals surface area (Å²) in [6.07, 6.45) is -4.50. The van der Waals surface area contributed by atoms with Gasteiger partial charge < -0.3 is 5.32 Å². The minimum absolute atomic E-state index is 0.0463. The van der Waals surface area contributed by atoms with Gasteiger partial charge in [-0.05, 0) is 43.3 Å². The van der Waals surface area contributed by atoms with Crippen molar-refractivity contribution in [3.05, 3.63) is 54.1 Å². The molecule has 0 spiro atoms. The number of carbonyl (C=O) groups is 2. The van der Waals surface area contributed by atoms with E-state index in [0.29, 0.717) is 11.4 Å². The molecule has 1 N–H and O–H groups in total. The van der Waals surface area contributed by atoms with Crippen LogP contribution in [0.25, 0.3) is 11.4 Å². The molecule has 0 saturated heterocycles. The van der Waals surface area contributed by atoms with Crippen molar-refractivity contribution in [2.75, 3.05) is 10.2 Å². The molecule has 1 aliphatic heterocycles. The zero-order valence-corrected chi connectivity index (χ0v) is 16.5. The van der Waals surface area contributed by atoms with Crippen LogP contribution in [0, 0.1) is 0 Å². The first-order chi connectivity index (χ1) is 14.6. The monoisotopic (exact) mass is 430 g/mol. The second-order valence-corrected chi connectivity index (χ2v) is 7.48. The predicted octanol–water partition coefficient (Wildman–Crippen LogP) is 3.12. The van der Waals surface area contributed by atoms with Crippen LogP contribution in [0.15, 0.2) is 48.5 Å². The first-order valence-corrected chi connectivity index (χ1v) is 9.26. The van der Waals surface area contributed by atoms with Crippen molar-refractivity contribution < 1.29 is 22.8 Å². The number of aromatic nitrogens is 4. The number of amides is 2. The van der Waals surface area contributed by atoms with Crippen molar-refractivity contribution in [3.8, 4) is 11.4 Å². The summed E-state index contributed by atoms with van der Waals surface area (Å²) in [5.41, 5.74) is -0.867. The number of halogens is 3. The maximum atomic E-state index is 13.1. The molecule has 8 nitrogen and oxygen atoms in total. The van der Waals surface area contributed by atoms with Crippen LogP contribution in [0.5, 0.6) is 0 Å². The number of fused-ring (bicyclic) bond motifs is 1. The van der Waals surface area contributed by atoms with Gasteiger partial charge in [0, 0.05) is 5.56 Å². The van der Waals surface area contributed by atoms with Gasteiger partial charge in [0.1, 0.15) is 12.1 Å². The Morgan fingerprint density at radius 3 is 2.61 bits per heavy atom. The lowest BCUT2D eigenvalue weighted by Gasteiger charge is -2.41. The van der Waals surface area contributed by atoms with E-state index in [0.717, 1.165) is 16.9 Å². The molecule has 0 radical (unpaired) electrons. The molecule has 160 valence electrons. The fourth-order valence-electron chi connectivity index (χ4n) is 3.35. The third kappa shape index (κ3) is 3.74. The van der Waals surface area contributed by atoms with Gasteiger partial charge in [-0.1, -0.05) is 24.3 Å². The maximum absolute atomic E-state index is 13.1. The number of benzene rings is 2. The topological polar surface area (TPSA) is 93.0 Å². The molecular weight excluding hydrogens is 413 g/mol. The summed E-state index contributed by atoms with van der Waals surface area (Å²) >= 11 is 0. The van der Waals surface area contributed by atoms with Crippen molar-refractivity contribution >= 4 is 23.2 Å². The van der Waals surface area contributed by atoms with Gasteiger partial charge in [-0.3, -0.25) is 14.5 Å². The molecule has 0 bridgehead atoms. The molecule has 0 atom stereocenters. The van der Waals surface area contributed by atoms with Crippen LogP contribution in [-0.2, 0) is 22.3 Å². The Kier molecular flexibility index (Phi) is 4.75. The minimum Gasteiger partial charge on any atom is -0.322 e. The third-order valence-corrected chi connectivity index (χ3v) is 4.93. The van der Waals surface area contributed by atoms with E-state index in [4.69, 9.17) is 0 Å². The fourth-order valence-corrected chi connectivity index (χ4v) is 3.35. The van der Waals surface area contributed by atoms with Gasteiger partial charge in [-0.15, -0.1) is 10.2 Å². The van der Waals surface area contributed by atoms with E-state index in [1.54, 1.807) is 38.1 Å². The molecule has 31 heavy (non-hydrogen) atoms. The Balaban J connectivity index is 1.61. The summed E-state index contributed by atoms with van der Waals surface area (Å²) in [6, 6.07) is 11.4. The van der Waals surface area contributed by atoms with Crippen LogP contribution in [0.1, 0.15) is 19.4 Å². The van der Waals surface area contributed by atoms with Crippen molar-refractivity contribution in [1.29, 1.82) is 0 Å². The van der Waals surface area contributed by atoms with E-state index >= 15 is 0 Å². The van der Waals surface area contributed by atoms with E-state index in [2.05, 4.69) is 20.7 Å².